The molecule has 0 radical (unpaired) electrons. The average molecular weight is 259 g/mol. The zero-order valence-electron chi connectivity index (χ0n) is 11.1. The number of hydrogen-bond acceptors (Lipinski definition) is 2. The van der Waals surface area contributed by atoms with Gasteiger partial charge in [0.05, 0.1) is 5.69 Å². The molecule has 1 aromatic carbocycles. The van der Waals surface area contributed by atoms with E-state index in [0.29, 0.717) is 11.5 Å². The van der Waals surface area contributed by atoms with Gasteiger partial charge in [-0.25, -0.2) is 4.39 Å². The van der Waals surface area contributed by atoms with Gasteiger partial charge in [-0.15, -0.1) is 0 Å². The molecular formula is C15H18FN3. The van der Waals surface area contributed by atoms with Gasteiger partial charge >= 0.3 is 0 Å². The zero-order valence-corrected chi connectivity index (χ0v) is 11.1. The quantitative estimate of drug-likeness (QED) is 0.898. The van der Waals surface area contributed by atoms with E-state index in [1.54, 1.807) is 10.7 Å². The molecule has 2 heterocycles. The molecule has 1 aliphatic heterocycles. The van der Waals surface area contributed by atoms with Crippen LogP contribution in [0.5, 0.6) is 0 Å². The van der Waals surface area contributed by atoms with Gasteiger partial charge in [-0.2, -0.15) is 5.10 Å². The minimum Gasteiger partial charge on any atom is -0.317 e. The summed E-state index contributed by atoms with van der Waals surface area (Å²) in [5, 5.41) is 7.93. The van der Waals surface area contributed by atoms with Crippen LogP contribution in [0.25, 0.3) is 11.1 Å². The zero-order chi connectivity index (χ0) is 13.2. The molecule has 19 heavy (non-hydrogen) atoms. The molecule has 1 N–H and O–H groups in total. The van der Waals surface area contributed by atoms with Gasteiger partial charge in [0.15, 0.2) is 0 Å². The number of aryl methyl sites for hydroxylation is 1. The van der Waals surface area contributed by atoms with Crippen LogP contribution in [0.15, 0.2) is 30.5 Å². The van der Waals surface area contributed by atoms with E-state index in [1.165, 1.54) is 6.07 Å². The summed E-state index contributed by atoms with van der Waals surface area (Å²) >= 11 is 0. The van der Waals surface area contributed by atoms with Crippen LogP contribution in [0, 0.1) is 5.82 Å². The van der Waals surface area contributed by atoms with Crippen LogP contribution in [0.1, 0.15) is 24.5 Å². The molecule has 0 amide bonds. The standard InChI is InChI=1S/C15H18FN3/c1-19-10-13(12-4-2-3-5-14(12)16)15(18-19)11-6-8-17-9-7-11/h2-5,10-11,17H,6-9H2,1H3. The molecule has 3 rings (SSSR count). The summed E-state index contributed by atoms with van der Waals surface area (Å²) in [6.07, 6.45) is 4.06. The molecule has 0 aliphatic carbocycles. The first-order valence-electron chi connectivity index (χ1n) is 6.75. The van der Waals surface area contributed by atoms with E-state index >= 15 is 0 Å². The second-order valence-electron chi connectivity index (χ2n) is 5.11. The number of nitrogens with zero attached hydrogens (tertiary/aromatic N) is 2. The molecule has 1 fully saturated rings. The summed E-state index contributed by atoms with van der Waals surface area (Å²) in [6.45, 7) is 2.02. The van der Waals surface area contributed by atoms with Gasteiger partial charge in [-0.3, -0.25) is 4.68 Å². The van der Waals surface area contributed by atoms with E-state index in [4.69, 9.17) is 0 Å². The molecule has 4 heteroatoms. The first-order chi connectivity index (χ1) is 9.25. The number of hydrogen-bond donors (Lipinski definition) is 1. The smallest absolute Gasteiger partial charge is 0.131 e. The van der Waals surface area contributed by atoms with Crippen LogP contribution < -0.4 is 5.32 Å². The lowest BCUT2D eigenvalue weighted by Gasteiger charge is -2.22. The lowest BCUT2D eigenvalue weighted by atomic mass is 9.90. The Hall–Kier alpha value is -1.68. The Kier molecular flexibility index (Phi) is 3.34. The van der Waals surface area contributed by atoms with Crippen molar-refractivity contribution in [3.8, 4) is 11.1 Å². The highest BCUT2D eigenvalue weighted by molar-refractivity contribution is 5.66. The van der Waals surface area contributed by atoms with Crippen molar-refractivity contribution in [3.63, 3.8) is 0 Å². The molecule has 0 atom stereocenters. The highest BCUT2D eigenvalue weighted by Crippen LogP contribution is 2.33. The van der Waals surface area contributed by atoms with Crippen LogP contribution >= 0.6 is 0 Å². The lowest BCUT2D eigenvalue weighted by Crippen LogP contribution is -2.27. The highest BCUT2D eigenvalue weighted by atomic mass is 19.1. The van der Waals surface area contributed by atoms with Crippen molar-refractivity contribution < 1.29 is 4.39 Å². The minimum atomic E-state index is -0.175. The summed E-state index contributed by atoms with van der Waals surface area (Å²) in [4.78, 5) is 0. The van der Waals surface area contributed by atoms with Gasteiger partial charge in [0.2, 0.25) is 0 Å². The second kappa shape index (κ2) is 5.13. The molecule has 0 bridgehead atoms. The maximum atomic E-state index is 14.0. The summed E-state index contributed by atoms with van der Waals surface area (Å²) in [5.74, 6) is 0.253. The number of halogens is 1. The maximum Gasteiger partial charge on any atom is 0.131 e. The Morgan fingerprint density at radius 1 is 1.21 bits per heavy atom. The van der Waals surface area contributed by atoms with Crippen molar-refractivity contribution in [2.45, 2.75) is 18.8 Å². The number of benzene rings is 1. The monoisotopic (exact) mass is 259 g/mol. The van der Waals surface area contributed by atoms with Gasteiger partial charge in [0.1, 0.15) is 5.82 Å². The molecule has 3 nitrogen and oxygen atoms in total. The fraction of sp³-hybridized carbons (Fsp3) is 0.400. The Labute approximate surface area is 112 Å². The molecule has 0 spiro atoms. The molecule has 0 unspecified atom stereocenters. The summed E-state index contributed by atoms with van der Waals surface area (Å²) < 4.78 is 15.8. The molecule has 100 valence electrons. The van der Waals surface area contributed by atoms with Crippen LogP contribution in [0.2, 0.25) is 0 Å². The molecular weight excluding hydrogens is 241 g/mol. The topological polar surface area (TPSA) is 29.9 Å². The third-order valence-electron chi connectivity index (χ3n) is 3.75. The van der Waals surface area contributed by atoms with Crippen molar-refractivity contribution in [1.82, 2.24) is 15.1 Å². The second-order valence-corrected chi connectivity index (χ2v) is 5.11. The van der Waals surface area contributed by atoms with Crippen molar-refractivity contribution in [1.29, 1.82) is 0 Å². The molecule has 2 aromatic rings. The number of piperidine rings is 1. The Morgan fingerprint density at radius 3 is 2.68 bits per heavy atom. The highest BCUT2D eigenvalue weighted by Gasteiger charge is 2.23. The minimum absolute atomic E-state index is 0.175. The van der Waals surface area contributed by atoms with E-state index in [1.807, 2.05) is 25.4 Å². The van der Waals surface area contributed by atoms with E-state index < -0.39 is 0 Å². The van der Waals surface area contributed by atoms with Gasteiger partial charge < -0.3 is 5.32 Å². The third kappa shape index (κ3) is 2.40. The lowest BCUT2D eigenvalue weighted by molar-refractivity contribution is 0.450. The predicted molar refractivity (Wildman–Crippen MR) is 73.4 cm³/mol. The maximum absolute atomic E-state index is 14.0. The van der Waals surface area contributed by atoms with Gasteiger partial charge in [0, 0.05) is 30.3 Å². The number of aromatic nitrogens is 2. The van der Waals surface area contributed by atoms with Crippen LogP contribution in [-0.2, 0) is 7.05 Å². The van der Waals surface area contributed by atoms with E-state index in [2.05, 4.69) is 10.4 Å². The van der Waals surface area contributed by atoms with Crippen LogP contribution in [0.4, 0.5) is 4.39 Å². The van der Waals surface area contributed by atoms with Crippen molar-refractivity contribution in [2.75, 3.05) is 13.1 Å². The average Bonchev–Trinajstić information content (AvgIpc) is 2.82. The summed E-state index contributed by atoms with van der Waals surface area (Å²) in [5.41, 5.74) is 2.63. The fourth-order valence-corrected chi connectivity index (χ4v) is 2.79. The van der Waals surface area contributed by atoms with Crippen molar-refractivity contribution >= 4 is 0 Å². The van der Waals surface area contributed by atoms with E-state index in [0.717, 1.165) is 37.2 Å². The van der Waals surface area contributed by atoms with Gasteiger partial charge in [0.25, 0.3) is 0 Å². The Morgan fingerprint density at radius 2 is 1.95 bits per heavy atom. The molecule has 1 aromatic heterocycles. The Balaban J connectivity index is 2.04. The van der Waals surface area contributed by atoms with Crippen LogP contribution in [-0.4, -0.2) is 22.9 Å². The molecule has 1 aliphatic rings. The Bertz CT molecular complexity index is 571. The van der Waals surface area contributed by atoms with Crippen molar-refractivity contribution in [3.05, 3.63) is 42.0 Å². The van der Waals surface area contributed by atoms with Crippen molar-refractivity contribution in [2.24, 2.45) is 7.05 Å². The predicted octanol–water partition coefficient (Wildman–Crippen LogP) is 2.69. The normalized spacial score (nSPS) is 16.7. The summed E-state index contributed by atoms with van der Waals surface area (Å²) in [6, 6.07) is 6.93. The number of rotatable bonds is 2. The van der Waals surface area contributed by atoms with Crippen LogP contribution in [0.3, 0.4) is 0 Å². The first kappa shape index (κ1) is 12.4. The largest absolute Gasteiger partial charge is 0.317 e. The van der Waals surface area contributed by atoms with Gasteiger partial charge in [-0.05, 0) is 32.0 Å². The third-order valence-corrected chi connectivity index (χ3v) is 3.75. The molecule has 0 saturated carbocycles. The SMILES string of the molecule is Cn1cc(-c2ccccc2F)c(C2CCNCC2)n1. The number of nitrogens with one attached hydrogen (secondary N) is 1. The van der Waals surface area contributed by atoms with E-state index in [9.17, 15) is 4.39 Å². The first-order valence-corrected chi connectivity index (χ1v) is 6.75. The fourth-order valence-electron chi connectivity index (χ4n) is 2.79. The summed E-state index contributed by atoms with van der Waals surface area (Å²) in [7, 11) is 1.90. The van der Waals surface area contributed by atoms with Gasteiger partial charge in [-0.1, -0.05) is 18.2 Å². The molecule has 1 saturated heterocycles. The van der Waals surface area contributed by atoms with E-state index in [-0.39, 0.29) is 5.82 Å².